The molecule has 0 saturated carbocycles. The number of ether oxygens (including phenoxy) is 1. The highest BCUT2D eigenvalue weighted by molar-refractivity contribution is 7.91. The molecule has 2 N–H and O–H groups in total. The third-order valence-electron chi connectivity index (χ3n) is 3.15. The van der Waals surface area contributed by atoms with E-state index in [4.69, 9.17) is 5.73 Å². The molecule has 0 aromatic carbocycles. The minimum Gasteiger partial charge on any atom is -0.464 e. The second kappa shape index (κ2) is 5.66. The molecule has 8 heteroatoms. The molecule has 7 nitrogen and oxygen atoms in total. The Morgan fingerprint density at radius 2 is 2.10 bits per heavy atom. The van der Waals surface area contributed by atoms with Gasteiger partial charge in [-0.3, -0.25) is 0 Å². The summed E-state index contributed by atoms with van der Waals surface area (Å²) in [6.07, 6.45) is 0.520. The number of methoxy groups -OCH3 is 1. The Morgan fingerprint density at radius 1 is 1.35 bits per heavy atom. The fourth-order valence-electron chi connectivity index (χ4n) is 2.08. The zero-order valence-corrected chi connectivity index (χ0v) is 12.0. The molecule has 2 heterocycles. The fourth-order valence-corrected chi connectivity index (χ4v) is 3.35. The number of carbonyl (C=O) groups is 1. The van der Waals surface area contributed by atoms with Crippen LogP contribution in [0.5, 0.6) is 0 Å². The number of aromatic nitrogens is 1. The van der Waals surface area contributed by atoms with E-state index in [0.29, 0.717) is 31.0 Å². The van der Waals surface area contributed by atoms with Crippen LogP contribution in [0.1, 0.15) is 16.9 Å². The first-order valence-corrected chi connectivity index (χ1v) is 8.05. The average molecular weight is 299 g/mol. The summed E-state index contributed by atoms with van der Waals surface area (Å²) in [6.45, 7) is 0.866. The molecular weight excluding hydrogens is 282 g/mol. The first-order valence-electron chi connectivity index (χ1n) is 6.23. The summed E-state index contributed by atoms with van der Waals surface area (Å²) in [7, 11) is -1.73. The molecule has 1 aliphatic heterocycles. The van der Waals surface area contributed by atoms with Crippen LogP contribution in [0, 0.1) is 0 Å². The smallest absolute Gasteiger partial charge is 0.356 e. The molecule has 0 atom stereocenters. The Kier molecular flexibility index (Phi) is 4.12. The lowest BCUT2D eigenvalue weighted by Gasteiger charge is -2.22. The van der Waals surface area contributed by atoms with Gasteiger partial charge in [0, 0.05) is 13.1 Å². The van der Waals surface area contributed by atoms with Crippen LogP contribution in [0.15, 0.2) is 12.1 Å². The van der Waals surface area contributed by atoms with Crippen molar-refractivity contribution < 1.29 is 17.9 Å². The van der Waals surface area contributed by atoms with Gasteiger partial charge >= 0.3 is 5.97 Å². The summed E-state index contributed by atoms with van der Waals surface area (Å²) in [5.41, 5.74) is 6.44. The van der Waals surface area contributed by atoms with Crippen molar-refractivity contribution in [2.24, 2.45) is 0 Å². The van der Waals surface area contributed by atoms with Gasteiger partial charge in [-0.2, -0.15) is 0 Å². The van der Waals surface area contributed by atoms with E-state index < -0.39 is 15.8 Å². The lowest BCUT2D eigenvalue weighted by atomic mass is 10.3. The lowest BCUT2D eigenvalue weighted by Crippen LogP contribution is -2.29. The van der Waals surface area contributed by atoms with Gasteiger partial charge < -0.3 is 15.4 Å². The molecule has 0 amide bonds. The summed E-state index contributed by atoms with van der Waals surface area (Å²) in [5, 5.41) is 0. The largest absolute Gasteiger partial charge is 0.464 e. The van der Waals surface area contributed by atoms with Crippen molar-refractivity contribution in [3.05, 3.63) is 17.8 Å². The van der Waals surface area contributed by atoms with Gasteiger partial charge in [-0.05, 0) is 18.6 Å². The van der Waals surface area contributed by atoms with E-state index in [-0.39, 0.29) is 17.2 Å². The van der Waals surface area contributed by atoms with E-state index in [0.717, 1.165) is 0 Å². The molecule has 110 valence electrons. The number of sulfone groups is 1. The molecule has 0 aliphatic carbocycles. The minimum atomic E-state index is -3.01. The highest BCUT2D eigenvalue weighted by Gasteiger charge is 2.22. The van der Waals surface area contributed by atoms with Crippen molar-refractivity contribution >= 4 is 27.3 Å². The zero-order chi connectivity index (χ0) is 14.8. The number of anilines is 2. The number of nitrogens with two attached hydrogens (primary N) is 1. The summed E-state index contributed by atoms with van der Waals surface area (Å²) < 4.78 is 27.8. The molecule has 1 aromatic heterocycles. The number of nitrogens with zero attached hydrogens (tertiary/aromatic N) is 2. The van der Waals surface area contributed by atoms with Crippen LogP contribution >= 0.6 is 0 Å². The molecule has 0 bridgehead atoms. The van der Waals surface area contributed by atoms with Gasteiger partial charge in [-0.25, -0.2) is 18.2 Å². The van der Waals surface area contributed by atoms with Gasteiger partial charge in [0.1, 0.15) is 0 Å². The maximum Gasteiger partial charge on any atom is 0.356 e. The molecule has 2 rings (SSSR count). The Labute approximate surface area is 117 Å². The van der Waals surface area contributed by atoms with Gasteiger partial charge in [0.2, 0.25) is 0 Å². The molecule has 0 spiro atoms. The fraction of sp³-hybridized carbons (Fsp3) is 0.500. The second-order valence-corrected chi connectivity index (χ2v) is 6.90. The summed E-state index contributed by atoms with van der Waals surface area (Å²) >= 11 is 0. The van der Waals surface area contributed by atoms with Crippen molar-refractivity contribution in [3.8, 4) is 0 Å². The highest BCUT2D eigenvalue weighted by Crippen LogP contribution is 2.23. The first-order chi connectivity index (χ1) is 9.43. The molecule has 0 radical (unpaired) electrons. The summed E-state index contributed by atoms with van der Waals surface area (Å²) in [4.78, 5) is 17.5. The van der Waals surface area contributed by atoms with E-state index in [9.17, 15) is 13.2 Å². The molecule has 1 aromatic rings. The topological polar surface area (TPSA) is 103 Å². The Hall–Kier alpha value is -1.83. The van der Waals surface area contributed by atoms with Crippen LogP contribution in [0.3, 0.4) is 0 Å². The molecule has 1 fully saturated rings. The Balaban J connectivity index is 2.29. The van der Waals surface area contributed by atoms with Gasteiger partial charge in [-0.1, -0.05) is 0 Å². The van der Waals surface area contributed by atoms with Crippen molar-refractivity contribution in [2.45, 2.75) is 6.42 Å². The maximum atomic E-state index is 11.6. The summed E-state index contributed by atoms with van der Waals surface area (Å²) in [5.74, 6) is 0.120. The number of nitrogen functional groups attached to an aromatic ring is 1. The zero-order valence-electron chi connectivity index (χ0n) is 11.2. The predicted molar refractivity (Wildman–Crippen MR) is 75.5 cm³/mol. The average Bonchev–Trinajstić information content (AvgIpc) is 2.59. The minimum absolute atomic E-state index is 0.0660. The van der Waals surface area contributed by atoms with Crippen LogP contribution in [-0.4, -0.2) is 51.1 Å². The van der Waals surface area contributed by atoms with Crippen molar-refractivity contribution in [1.82, 2.24) is 4.98 Å². The number of esters is 1. The van der Waals surface area contributed by atoms with E-state index in [1.807, 2.05) is 0 Å². The van der Waals surface area contributed by atoms with Crippen molar-refractivity contribution in [3.63, 3.8) is 0 Å². The highest BCUT2D eigenvalue weighted by atomic mass is 32.2. The monoisotopic (exact) mass is 299 g/mol. The van der Waals surface area contributed by atoms with E-state index in [1.54, 1.807) is 11.0 Å². The number of carbonyl (C=O) groups excluding carboxylic acids is 1. The molecule has 1 aliphatic rings. The van der Waals surface area contributed by atoms with Crippen LogP contribution < -0.4 is 10.6 Å². The van der Waals surface area contributed by atoms with Crippen LogP contribution in [0.4, 0.5) is 11.5 Å². The number of rotatable bonds is 2. The number of pyridine rings is 1. The van der Waals surface area contributed by atoms with Gasteiger partial charge in [0.15, 0.2) is 21.3 Å². The van der Waals surface area contributed by atoms with Crippen LogP contribution in [0.25, 0.3) is 0 Å². The van der Waals surface area contributed by atoms with Gasteiger partial charge in [0.25, 0.3) is 0 Å². The maximum absolute atomic E-state index is 11.6. The number of hydrogen-bond donors (Lipinski definition) is 1. The van der Waals surface area contributed by atoms with Gasteiger partial charge in [0.05, 0.1) is 24.3 Å². The third kappa shape index (κ3) is 3.19. The predicted octanol–water partition coefficient (Wildman–Crippen LogP) is 0.0753. The first kappa shape index (κ1) is 14.6. The van der Waals surface area contributed by atoms with E-state index >= 15 is 0 Å². The standard InChI is InChI=1S/C12H17N3O4S/c1-19-12(16)10-4-3-9(13)11(14-10)15-5-2-7-20(17,18)8-6-15/h3-4H,2,5-8,13H2,1H3. The van der Waals surface area contributed by atoms with E-state index in [2.05, 4.69) is 9.72 Å². The number of hydrogen-bond acceptors (Lipinski definition) is 7. The molecule has 0 unspecified atom stereocenters. The molecule has 1 saturated heterocycles. The van der Waals surface area contributed by atoms with Gasteiger partial charge in [-0.15, -0.1) is 0 Å². The normalized spacial score (nSPS) is 18.4. The third-order valence-corrected chi connectivity index (χ3v) is 4.87. The van der Waals surface area contributed by atoms with Crippen molar-refractivity contribution in [2.75, 3.05) is 42.3 Å². The lowest BCUT2D eigenvalue weighted by molar-refractivity contribution is 0.0594. The van der Waals surface area contributed by atoms with Crippen LogP contribution in [-0.2, 0) is 14.6 Å². The molecule has 20 heavy (non-hydrogen) atoms. The van der Waals surface area contributed by atoms with E-state index in [1.165, 1.54) is 13.2 Å². The second-order valence-electron chi connectivity index (χ2n) is 4.59. The van der Waals surface area contributed by atoms with Crippen molar-refractivity contribution in [1.29, 1.82) is 0 Å². The van der Waals surface area contributed by atoms with Crippen LogP contribution in [0.2, 0.25) is 0 Å². The SMILES string of the molecule is COC(=O)c1ccc(N)c(N2CCCS(=O)(=O)CC2)n1. The Bertz CT molecular complexity index is 615. The quantitative estimate of drug-likeness (QED) is 0.771. The Morgan fingerprint density at radius 3 is 2.80 bits per heavy atom. The summed E-state index contributed by atoms with van der Waals surface area (Å²) in [6, 6.07) is 3.06. The molecular formula is C12H17N3O4S.